The fraction of sp³-hybridized carbons (Fsp3) is 0.571. The van der Waals surface area contributed by atoms with E-state index in [1.165, 1.54) is 5.56 Å². The molecule has 1 N–H and O–H groups in total. The average Bonchev–Trinajstić information content (AvgIpc) is 2.29. The van der Waals surface area contributed by atoms with Crippen LogP contribution in [0.25, 0.3) is 0 Å². The normalized spacial score (nSPS) is 11.6. The van der Waals surface area contributed by atoms with Gasteiger partial charge in [-0.25, -0.2) is 0 Å². The van der Waals surface area contributed by atoms with Crippen LogP contribution >= 0.6 is 11.6 Å². The number of methoxy groups -OCH3 is 1. The van der Waals surface area contributed by atoms with E-state index in [9.17, 15) is 0 Å². The number of nitrogens with one attached hydrogen (secondary N) is 1. The zero-order chi connectivity index (χ0) is 12.9. The Morgan fingerprint density at radius 2 is 2.06 bits per heavy atom. The monoisotopic (exact) mass is 255 g/mol. The molecule has 0 saturated carbocycles. The van der Waals surface area contributed by atoms with Gasteiger partial charge in [0, 0.05) is 0 Å². The number of benzene rings is 1. The van der Waals surface area contributed by atoms with Crippen LogP contribution in [0.5, 0.6) is 5.75 Å². The molecule has 0 aliphatic rings. The van der Waals surface area contributed by atoms with Crippen molar-refractivity contribution in [1.29, 1.82) is 0 Å². The third-order valence-electron chi connectivity index (χ3n) is 3.11. The van der Waals surface area contributed by atoms with Gasteiger partial charge in [-0.1, -0.05) is 38.4 Å². The Labute approximate surface area is 109 Å². The summed E-state index contributed by atoms with van der Waals surface area (Å²) < 4.78 is 5.26. The summed E-state index contributed by atoms with van der Waals surface area (Å²) in [6.07, 6.45) is 1.09. The predicted octanol–water partition coefficient (Wildman–Crippen LogP) is 3.63. The molecule has 1 rings (SSSR count). The second-order valence-electron chi connectivity index (χ2n) is 4.84. The van der Waals surface area contributed by atoms with E-state index in [0.717, 1.165) is 25.3 Å². The van der Waals surface area contributed by atoms with Gasteiger partial charge in [0.1, 0.15) is 5.75 Å². The third kappa shape index (κ3) is 3.90. The molecule has 0 unspecified atom stereocenters. The Balaban J connectivity index is 2.82. The van der Waals surface area contributed by atoms with Crippen molar-refractivity contribution in [1.82, 2.24) is 5.32 Å². The summed E-state index contributed by atoms with van der Waals surface area (Å²) in [6, 6.07) is 6.02. The van der Waals surface area contributed by atoms with Crippen molar-refractivity contribution in [2.24, 2.45) is 0 Å². The van der Waals surface area contributed by atoms with Crippen molar-refractivity contribution in [2.45, 2.75) is 32.6 Å². The van der Waals surface area contributed by atoms with Gasteiger partial charge in [-0.2, -0.15) is 0 Å². The number of ether oxygens (including phenoxy) is 1. The second kappa shape index (κ2) is 6.27. The molecule has 0 aromatic heterocycles. The molecule has 0 aliphatic heterocycles. The van der Waals surface area contributed by atoms with E-state index >= 15 is 0 Å². The van der Waals surface area contributed by atoms with Crippen molar-refractivity contribution < 1.29 is 4.74 Å². The molecule has 0 radical (unpaired) electrons. The highest BCUT2D eigenvalue weighted by atomic mass is 35.5. The molecule has 0 saturated heterocycles. The predicted molar refractivity (Wildman–Crippen MR) is 74.2 cm³/mol. The molecular formula is C14H22ClNO. The lowest BCUT2D eigenvalue weighted by molar-refractivity contribution is 0.409. The molecule has 0 heterocycles. The zero-order valence-corrected chi connectivity index (χ0v) is 11.9. The fourth-order valence-electron chi connectivity index (χ4n) is 1.80. The second-order valence-corrected chi connectivity index (χ2v) is 5.24. The maximum Gasteiger partial charge on any atom is 0.137 e. The summed E-state index contributed by atoms with van der Waals surface area (Å²) in [5, 5.41) is 4.02. The minimum Gasteiger partial charge on any atom is -0.495 e. The van der Waals surface area contributed by atoms with Crippen LogP contribution in [0, 0.1) is 0 Å². The molecule has 0 bridgehead atoms. The lowest BCUT2D eigenvalue weighted by Gasteiger charge is -2.26. The molecule has 0 atom stereocenters. The largest absolute Gasteiger partial charge is 0.495 e. The van der Waals surface area contributed by atoms with Gasteiger partial charge in [0.2, 0.25) is 0 Å². The molecule has 2 nitrogen and oxygen atoms in total. The molecule has 0 spiro atoms. The van der Waals surface area contributed by atoms with E-state index in [4.69, 9.17) is 16.3 Å². The summed E-state index contributed by atoms with van der Waals surface area (Å²) in [6.45, 7) is 8.65. The SMILES string of the molecule is CCNCCC(C)(C)c1ccc(Cl)c(OC)c1. The van der Waals surface area contributed by atoms with Crippen LogP contribution in [0.15, 0.2) is 18.2 Å². The smallest absolute Gasteiger partial charge is 0.137 e. The Morgan fingerprint density at radius 1 is 1.35 bits per heavy atom. The quantitative estimate of drug-likeness (QED) is 0.784. The topological polar surface area (TPSA) is 21.3 Å². The average molecular weight is 256 g/mol. The van der Waals surface area contributed by atoms with Crippen LogP contribution < -0.4 is 10.1 Å². The molecule has 1 aromatic rings. The van der Waals surface area contributed by atoms with Gasteiger partial charge in [-0.3, -0.25) is 0 Å². The van der Waals surface area contributed by atoms with Crippen molar-refractivity contribution in [3.63, 3.8) is 0 Å². The molecule has 0 aliphatic carbocycles. The van der Waals surface area contributed by atoms with E-state index in [0.29, 0.717) is 5.02 Å². The van der Waals surface area contributed by atoms with Crippen molar-refractivity contribution >= 4 is 11.6 Å². The highest BCUT2D eigenvalue weighted by Gasteiger charge is 2.21. The first-order valence-electron chi connectivity index (χ1n) is 6.06. The Morgan fingerprint density at radius 3 is 2.65 bits per heavy atom. The first-order chi connectivity index (χ1) is 8.01. The van der Waals surface area contributed by atoms with Gasteiger partial charge in [0.05, 0.1) is 12.1 Å². The number of halogens is 1. The van der Waals surface area contributed by atoms with E-state index in [1.54, 1.807) is 7.11 Å². The van der Waals surface area contributed by atoms with Crippen LogP contribution in [0.2, 0.25) is 5.02 Å². The molecule has 96 valence electrons. The van der Waals surface area contributed by atoms with Crippen LogP contribution in [0.3, 0.4) is 0 Å². The Hall–Kier alpha value is -0.730. The van der Waals surface area contributed by atoms with Gasteiger partial charge < -0.3 is 10.1 Å². The van der Waals surface area contributed by atoms with Gasteiger partial charge >= 0.3 is 0 Å². The lowest BCUT2D eigenvalue weighted by atomic mass is 9.81. The van der Waals surface area contributed by atoms with Gasteiger partial charge in [-0.05, 0) is 42.6 Å². The summed E-state index contributed by atoms with van der Waals surface area (Å²) in [5.41, 5.74) is 1.39. The number of hydrogen-bond donors (Lipinski definition) is 1. The zero-order valence-electron chi connectivity index (χ0n) is 11.1. The molecule has 17 heavy (non-hydrogen) atoms. The minimum absolute atomic E-state index is 0.125. The van der Waals surface area contributed by atoms with E-state index in [2.05, 4.69) is 32.2 Å². The first-order valence-corrected chi connectivity index (χ1v) is 6.44. The lowest BCUT2D eigenvalue weighted by Crippen LogP contribution is -2.25. The maximum absolute atomic E-state index is 6.04. The summed E-state index contributed by atoms with van der Waals surface area (Å²) in [5.74, 6) is 0.751. The third-order valence-corrected chi connectivity index (χ3v) is 3.42. The standard InChI is InChI=1S/C14H22ClNO/c1-5-16-9-8-14(2,3)11-6-7-12(15)13(10-11)17-4/h6-7,10,16H,5,8-9H2,1-4H3. The molecule has 3 heteroatoms. The Bertz CT molecular complexity index is 363. The van der Waals surface area contributed by atoms with Crippen molar-refractivity contribution in [3.8, 4) is 5.75 Å². The molecule has 0 fully saturated rings. The van der Waals surface area contributed by atoms with E-state index in [-0.39, 0.29) is 5.41 Å². The van der Waals surface area contributed by atoms with Crippen LogP contribution in [-0.2, 0) is 5.41 Å². The Kier molecular flexibility index (Phi) is 5.29. The van der Waals surface area contributed by atoms with E-state index < -0.39 is 0 Å². The fourth-order valence-corrected chi connectivity index (χ4v) is 2.00. The minimum atomic E-state index is 0.125. The van der Waals surface area contributed by atoms with Crippen molar-refractivity contribution in [2.75, 3.05) is 20.2 Å². The number of rotatable bonds is 6. The van der Waals surface area contributed by atoms with Gasteiger partial charge in [0.15, 0.2) is 0 Å². The van der Waals surface area contributed by atoms with Crippen LogP contribution in [0.4, 0.5) is 0 Å². The van der Waals surface area contributed by atoms with Crippen LogP contribution in [0.1, 0.15) is 32.8 Å². The maximum atomic E-state index is 6.04. The molecule has 0 amide bonds. The van der Waals surface area contributed by atoms with Crippen molar-refractivity contribution in [3.05, 3.63) is 28.8 Å². The molecule has 1 aromatic carbocycles. The summed E-state index contributed by atoms with van der Waals surface area (Å²) in [7, 11) is 1.65. The number of hydrogen-bond acceptors (Lipinski definition) is 2. The highest BCUT2D eigenvalue weighted by Crippen LogP contribution is 2.33. The van der Waals surface area contributed by atoms with Crippen LogP contribution in [-0.4, -0.2) is 20.2 Å². The highest BCUT2D eigenvalue weighted by molar-refractivity contribution is 6.32. The molecular weight excluding hydrogens is 234 g/mol. The first kappa shape index (κ1) is 14.3. The van der Waals surface area contributed by atoms with Gasteiger partial charge in [0.25, 0.3) is 0 Å². The van der Waals surface area contributed by atoms with Gasteiger partial charge in [-0.15, -0.1) is 0 Å². The summed E-state index contributed by atoms with van der Waals surface area (Å²) in [4.78, 5) is 0. The summed E-state index contributed by atoms with van der Waals surface area (Å²) >= 11 is 6.04. The van der Waals surface area contributed by atoms with E-state index in [1.807, 2.05) is 12.1 Å².